The summed E-state index contributed by atoms with van der Waals surface area (Å²) < 4.78 is 33.5. The van der Waals surface area contributed by atoms with Crippen LogP contribution in [0.3, 0.4) is 0 Å². The summed E-state index contributed by atoms with van der Waals surface area (Å²) in [4.78, 5) is 54.9. The molecule has 0 radical (unpaired) electrons. The number of carbonyl (C=O) groups excluding carboxylic acids is 4. The van der Waals surface area contributed by atoms with E-state index >= 15 is 0 Å². The minimum atomic E-state index is -4.13. The fraction of sp³-hybridized carbons (Fsp3) is 0.600. The Morgan fingerprint density at radius 1 is 1.12 bits per heavy atom. The van der Waals surface area contributed by atoms with Gasteiger partial charge < -0.3 is 20.3 Å². The van der Waals surface area contributed by atoms with Crippen LogP contribution in [0.15, 0.2) is 36.4 Å². The Kier molecular flexibility index (Phi) is 10.1. The van der Waals surface area contributed by atoms with Crippen LogP contribution in [0, 0.1) is 5.92 Å². The maximum Gasteiger partial charge on any atom is 0.408 e. The number of halogens is 1. The number of rotatable bonds is 5. The number of amides is 4. The third-order valence-corrected chi connectivity index (χ3v) is 9.43. The van der Waals surface area contributed by atoms with Gasteiger partial charge in [0.05, 0.1) is 5.75 Å². The van der Waals surface area contributed by atoms with E-state index in [0.717, 1.165) is 12.8 Å². The zero-order valence-corrected chi connectivity index (χ0v) is 26.4. The highest BCUT2D eigenvalue weighted by Crippen LogP contribution is 2.45. The Morgan fingerprint density at radius 2 is 1.86 bits per heavy atom. The molecule has 1 aromatic rings. The number of ether oxygens (including phenoxy) is 1. The van der Waals surface area contributed by atoms with Crippen molar-refractivity contribution in [3.05, 3.63) is 47.0 Å². The quantitative estimate of drug-likeness (QED) is 0.418. The minimum Gasteiger partial charge on any atom is -0.444 e. The van der Waals surface area contributed by atoms with Crippen molar-refractivity contribution in [1.29, 1.82) is 0 Å². The maximum atomic E-state index is 13.7. The largest absolute Gasteiger partial charge is 0.444 e. The number of hydrogen-bond donors (Lipinski definition) is 3. The monoisotopic (exact) mass is 636 g/mol. The molecule has 1 aromatic carbocycles. The Morgan fingerprint density at radius 3 is 2.58 bits per heavy atom. The van der Waals surface area contributed by atoms with Gasteiger partial charge in [0.25, 0.3) is 5.91 Å². The third-order valence-electron chi connectivity index (χ3n) is 7.88. The van der Waals surface area contributed by atoms with Gasteiger partial charge >= 0.3 is 6.09 Å². The van der Waals surface area contributed by atoms with Crippen LogP contribution in [-0.2, 0) is 34.9 Å². The second-order valence-corrected chi connectivity index (χ2v) is 14.6. The highest BCUT2D eigenvalue weighted by atomic mass is 35.5. The molecular formula is C30H41ClN4O7S. The first-order valence-corrected chi connectivity index (χ1v) is 16.8. The first-order chi connectivity index (χ1) is 20.2. The Hall–Kier alpha value is -3.12. The molecule has 236 valence electrons. The summed E-state index contributed by atoms with van der Waals surface area (Å²) in [5.74, 6) is -2.65. The molecule has 3 aliphatic rings. The lowest BCUT2D eigenvalue weighted by atomic mass is 10.0. The van der Waals surface area contributed by atoms with E-state index in [1.54, 1.807) is 45.0 Å². The van der Waals surface area contributed by atoms with Crippen molar-refractivity contribution in [1.82, 2.24) is 20.3 Å². The molecule has 4 rings (SSSR count). The highest BCUT2D eigenvalue weighted by Gasteiger charge is 2.61. The summed E-state index contributed by atoms with van der Waals surface area (Å²) in [7, 11) is -4.13. The predicted octanol–water partition coefficient (Wildman–Crippen LogP) is 3.57. The van der Waals surface area contributed by atoms with Gasteiger partial charge in [-0.25, -0.2) is 13.2 Å². The number of carbonyl (C=O) groups is 4. The number of sulfonamides is 1. The van der Waals surface area contributed by atoms with Gasteiger partial charge in [-0.15, -0.1) is 0 Å². The van der Waals surface area contributed by atoms with Gasteiger partial charge in [-0.1, -0.05) is 54.8 Å². The van der Waals surface area contributed by atoms with E-state index in [2.05, 4.69) is 15.4 Å². The van der Waals surface area contributed by atoms with Crippen LogP contribution in [0.1, 0.15) is 77.7 Å². The maximum absolute atomic E-state index is 13.7. The molecule has 2 heterocycles. The molecule has 0 spiro atoms. The van der Waals surface area contributed by atoms with Crippen molar-refractivity contribution in [2.24, 2.45) is 5.92 Å². The minimum absolute atomic E-state index is 0.228. The van der Waals surface area contributed by atoms with Crippen LogP contribution in [-0.4, -0.2) is 66.9 Å². The molecule has 4 amide bonds. The zero-order valence-electron chi connectivity index (χ0n) is 24.9. The molecule has 3 N–H and O–H groups in total. The Balaban J connectivity index is 1.54. The second-order valence-electron chi connectivity index (χ2n) is 12.5. The number of nitrogens with one attached hydrogen (secondary N) is 3. The number of hydrogen-bond acceptors (Lipinski definition) is 7. The van der Waals surface area contributed by atoms with Crippen molar-refractivity contribution in [3.63, 3.8) is 0 Å². The molecule has 1 saturated carbocycles. The van der Waals surface area contributed by atoms with E-state index in [-0.39, 0.29) is 17.4 Å². The summed E-state index contributed by atoms with van der Waals surface area (Å²) in [6.07, 6.45) is 7.67. The van der Waals surface area contributed by atoms with Crippen molar-refractivity contribution < 1.29 is 32.3 Å². The average Bonchev–Trinajstić information content (AvgIpc) is 3.36. The average molecular weight is 637 g/mol. The molecule has 0 bridgehead atoms. The highest BCUT2D eigenvalue weighted by molar-refractivity contribution is 7.89. The second kappa shape index (κ2) is 13.3. The van der Waals surface area contributed by atoms with Crippen LogP contribution < -0.4 is 15.4 Å². The van der Waals surface area contributed by atoms with Crippen LogP contribution in [0.25, 0.3) is 0 Å². The van der Waals surface area contributed by atoms with E-state index in [1.807, 2.05) is 12.2 Å². The van der Waals surface area contributed by atoms with E-state index in [9.17, 15) is 27.6 Å². The lowest BCUT2D eigenvalue weighted by Crippen LogP contribution is -2.58. The van der Waals surface area contributed by atoms with Crippen LogP contribution in [0.5, 0.6) is 0 Å². The van der Waals surface area contributed by atoms with Gasteiger partial charge in [-0.3, -0.25) is 19.1 Å². The smallest absolute Gasteiger partial charge is 0.408 e. The molecule has 2 fully saturated rings. The Labute approximate surface area is 258 Å². The molecule has 1 saturated heterocycles. The molecule has 4 atom stereocenters. The van der Waals surface area contributed by atoms with Gasteiger partial charge in [0.1, 0.15) is 23.2 Å². The Bertz CT molecular complexity index is 1380. The number of alkyl carbamates (subject to hydrolysis) is 1. The molecule has 43 heavy (non-hydrogen) atoms. The first kappa shape index (κ1) is 32.8. The number of fused-ring (bicyclic) bond motifs is 2. The molecule has 0 aromatic heterocycles. The van der Waals surface area contributed by atoms with Gasteiger partial charge in [0.2, 0.25) is 21.8 Å². The summed E-state index contributed by atoms with van der Waals surface area (Å²) in [6, 6.07) is 4.73. The van der Waals surface area contributed by atoms with Gasteiger partial charge in [0, 0.05) is 17.5 Å². The fourth-order valence-corrected chi connectivity index (χ4v) is 7.11. The summed E-state index contributed by atoms with van der Waals surface area (Å²) in [5, 5.41) is 5.78. The summed E-state index contributed by atoms with van der Waals surface area (Å²) in [6.45, 7) is 5.52. The standard InChI is InChI=1S/C30H41ClN4O7S/c1-29(2,3)42-28(39)32-23-15-8-6-4-5-7-13-21-18-30(21,33-25(36)24-16-11-17-35(24)26(23)37)27(38)34-43(40,41)19-20-12-9-10-14-22(20)31/h7,9-10,12-14,21,23-24H,4-6,8,11,15-19H2,1-3H3,(H,32,39)(H,33,36)(H,34,38)/t21-,23+,24+,30-/m1/s1. The number of allylic oxidation sites excluding steroid dienone is 1. The molecule has 1 aliphatic carbocycles. The normalized spacial score (nSPS) is 26.7. The van der Waals surface area contributed by atoms with Crippen LogP contribution in [0.2, 0.25) is 5.02 Å². The lowest BCUT2D eigenvalue weighted by Gasteiger charge is -2.30. The number of nitrogens with zero attached hydrogens (tertiary/aromatic N) is 1. The fourth-order valence-electron chi connectivity index (χ4n) is 5.63. The zero-order chi connectivity index (χ0) is 31.4. The van der Waals surface area contributed by atoms with Gasteiger partial charge in [0.15, 0.2) is 0 Å². The van der Waals surface area contributed by atoms with Crippen molar-refractivity contribution in [2.75, 3.05) is 6.54 Å². The van der Waals surface area contributed by atoms with Gasteiger partial charge in [-0.05, 0) is 70.9 Å². The molecule has 13 heteroatoms. The number of benzene rings is 1. The summed E-state index contributed by atoms with van der Waals surface area (Å²) >= 11 is 6.13. The molecular weight excluding hydrogens is 596 g/mol. The van der Waals surface area contributed by atoms with Crippen LogP contribution >= 0.6 is 11.6 Å². The van der Waals surface area contributed by atoms with Crippen molar-refractivity contribution >= 4 is 45.4 Å². The molecule has 0 unspecified atom stereocenters. The van der Waals surface area contributed by atoms with Crippen LogP contribution in [0.4, 0.5) is 4.79 Å². The van der Waals surface area contributed by atoms with E-state index < -0.39 is 62.8 Å². The van der Waals surface area contributed by atoms with E-state index in [4.69, 9.17) is 16.3 Å². The van der Waals surface area contributed by atoms with Gasteiger partial charge in [-0.2, -0.15) is 0 Å². The van der Waals surface area contributed by atoms with Crippen molar-refractivity contribution in [3.8, 4) is 0 Å². The molecule has 2 aliphatic heterocycles. The van der Waals surface area contributed by atoms with Crippen molar-refractivity contribution in [2.45, 2.75) is 101 Å². The van der Waals surface area contributed by atoms with E-state index in [1.165, 1.54) is 4.90 Å². The first-order valence-electron chi connectivity index (χ1n) is 14.8. The summed E-state index contributed by atoms with van der Waals surface area (Å²) in [5.41, 5.74) is -1.87. The SMILES string of the molecule is CC(C)(C)OC(=O)N[C@H]1CCCCCC=C[C@@H]2C[C@@]2(C(=O)NS(=O)(=O)Cc2ccccc2Cl)NC(=O)[C@@H]2CCCN2C1=O. The van der Waals surface area contributed by atoms with E-state index in [0.29, 0.717) is 44.2 Å². The molecule has 11 nitrogen and oxygen atoms in total. The predicted molar refractivity (Wildman–Crippen MR) is 161 cm³/mol. The lowest BCUT2D eigenvalue weighted by molar-refractivity contribution is -0.141. The third kappa shape index (κ3) is 8.50. The topological polar surface area (TPSA) is 151 Å².